The van der Waals surface area contributed by atoms with Crippen molar-refractivity contribution in [1.82, 2.24) is 0 Å². The average molecular weight is 278 g/mol. The van der Waals surface area contributed by atoms with Gasteiger partial charge in [-0.2, -0.15) is 0 Å². The van der Waals surface area contributed by atoms with Crippen molar-refractivity contribution in [2.45, 2.75) is 4.90 Å². The smallest absolute Gasteiger partial charge is 0.337 e. The number of rotatable bonds is 3. The van der Waals surface area contributed by atoms with E-state index in [4.69, 9.17) is 21.9 Å². The van der Waals surface area contributed by atoms with Gasteiger partial charge in [0, 0.05) is 11.8 Å². The first kappa shape index (κ1) is 13.5. The fourth-order valence-corrected chi connectivity index (χ4v) is 2.46. The van der Waals surface area contributed by atoms with Gasteiger partial charge in [-0.3, -0.25) is 0 Å². The van der Waals surface area contributed by atoms with E-state index in [1.807, 2.05) is 0 Å². The molecule has 0 aliphatic carbocycles. The quantitative estimate of drug-likeness (QED) is 0.491. The third-order valence-electron chi connectivity index (χ3n) is 1.96. The number of aromatic carboxylic acids is 1. The van der Waals surface area contributed by atoms with Crippen molar-refractivity contribution >= 4 is 33.6 Å². The maximum absolute atomic E-state index is 11.4. The number of nitrogens with zero attached hydrogens (tertiary/aromatic N) is 1. The van der Waals surface area contributed by atoms with Crippen LogP contribution < -0.4 is 0 Å². The van der Waals surface area contributed by atoms with E-state index in [0.717, 1.165) is 24.6 Å². The Hall–Kier alpha value is -1.60. The number of halogens is 1. The van der Waals surface area contributed by atoms with Crippen molar-refractivity contribution in [1.29, 1.82) is 0 Å². The minimum absolute atomic E-state index is 0.156. The van der Waals surface area contributed by atoms with Gasteiger partial charge in [0.25, 0.3) is 0 Å². The summed E-state index contributed by atoms with van der Waals surface area (Å²) in [5.41, 5.74) is -0.425. The number of carbonyl (C=O) groups is 1. The van der Waals surface area contributed by atoms with Gasteiger partial charge in [0.05, 0.1) is 21.7 Å². The second kappa shape index (κ2) is 4.72. The first-order valence-electron chi connectivity index (χ1n) is 4.22. The summed E-state index contributed by atoms with van der Waals surface area (Å²) in [6.07, 6.45) is 1.72. The standard InChI is InChI=1S/C9H8ClNO5S/c1-17(15,16)7-3-2-5(9(12)13)8(10)6(7)4-11-14/h2-4,14H,1H3,(H,12,13)/b11-4+. The van der Waals surface area contributed by atoms with Crippen LogP contribution in [-0.2, 0) is 9.84 Å². The average Bonchev–Trinajstić information content (AvgIpc) is 2.18. The van der Waals surface area contributed by atoms with E-state index >= 15 is 0 Å². The first-order chi connectivity index (χ1) is 7.79. The lowest BCUT2D eigenvalue weighted by Crippen LogP contribution is -2.07. The molecule has 6 nitrogen and oxygen atoms in total. The highest BCUT2D eigenvalue weighted by Crippen LogP contribution is 2.26. The first-order valence-corrected chi connectivity index (χ1v) is 6.49. The largest absolute Gasteiger partial charge is 0.478 e. The molecule has 1 aromatic rings. The second-order valence-electron chi connectivity index (χ2n) is 3.16. The van der Waals surface area contributed by atoms with Crippen LogP contribution in [0.3, 0.4) is 0 Å². The van der Waals surface area contributed by atoms with Gasteiger partial charge in [-0.25, -0.2) is 13.2 Å². The molecule has 0 unspecified atom stereocenters. The van der Waals surface area contributed by atoms with Gasteiger partial charge in [0.1, 0.15) is 0 Å². The molecule has 0 aromatic heterocycles. The SMILES string of the molecule is CS(=O)(=O)c1ccc(C(=O)O)c(Cl)c1/C=N/O. The molecule has 0 saturated heterocycles. The summed E-state index contributed by atoms with van der Waals surface area (Å²) in [7, 11) is -3.60. The lowest BCUT2D eigenvalue weighted by molar-refractivity contribution is 0.0697. The van der Waals surface area contributed by atoms with E-state index in [-0.39, 0.29) is 21.0 Å². The molecule has 17 heavy (non-hydrogen) atoms. The Labute approximate surface area is 102 Å². The van der Waals surface area contributed by atoms with Crippen LogP contribution in [0.2, 0.25) is 5.02 Å². The van der Waals surface area contributed by atoms with Crippen molar-refractivity contribution in [3.05, 3.63) is 28.3 Å². The van der Waals surface area contributed by atoms with E-state index < -0.39 is 15.8 Å². The lowest BCUT2D eigenvalue weighted by Gasteiger charge is -2.07. The number of carboxylic acids is 1. The van der Waals surface area contributed by atoms with Gasteiger partial charge in [0.15, 0.2) is 9.84 Å². The van der Waals surface area contributed by atoms with Gasteiger partial charge in [-0.15, -0.1) is 0 Å². The Morgan fingerprint density at radius 2 is 2.06 bits per heavy atom. The van der Waals surface area contributed by atoms with Crippen LogP contribution in [0.4, 0.5) is 0 Å². The van der Waals surface area contributed by atoms with Crippen LogP contribution in [0.1, 0.15) is 15.9 Å². The Morgan fingerprint density at radius 3 is 2.47 bits per heavy atom. The molecule has 0 bridgehead atoms. The summed E-state index contributed by atoms with van der Waals surface area (Å²) >= 11 is 5.75. The Kier molecular flexibility index (Phi) is 3.74. The van der Waals surface area contributed by atoms with Crippen LogP contribution >= 0.6 is 11.6 Å². The summed E-state index contributed by atoms with van der Waals surface area (Å²) in [5, 5.41) is 19.6. The number of sulfone groups is 1. The summed E-state index contributed by atoms with van der Waals surface area (Å²) in [6, 6.07) is 2.18. The van der Waals surface area contributed by atoms with Crippen LogP contribution in [-0.4, -0.2) is 37.2 Å². The topological polar surface area (TPSA) is 104 Å². The van der Waals surface area contributed by atoms with Crippen LogP contribution in [0.15, 0.2) is 22.2 Å². The van der Waals surface area contributed by atoms with Crippen molar-refractivity contribution in [2.24, 2.45) is 5.16 Å². The van der Waals surface area contributed by atoms with E-state index in [9.17, 15) is 13.2 Å². The molecule has 0 heterocycles. The maximum Gasteiger partial charge on any atom is 0.337 e. The molecule has 92 valence electrons. The predicted octanol–water partition coefficient (Wildman–Crippen LogP) is 1.25. The minimum atomic E-state index is -3.60. The molecule has 0 radical (unpaired) electrons. The van der Waals surface area contributed by atoms with Crippen LogP contribution in [0, 0.1) is 0 Å². The zero-order valence-electron chi connectivity index (χ0n) is 8.58. The molecule has 8 heteroatoms. The normalized spacial score (nSPS) is 11.9. The van der Waals surface area contributed by atoms with Crippen molar-refractivity contribution in [2.75, 3.05) is 6.26 Å². The van der Waals surface area contributed by atoms with Gasteiger partial charge < -0.3 is 10.3 Å². The molecule has 0 atom stereocenters. The molecule has 0 fully saturated rings. The fraction of sp³-hybridized carbons (Fsp3) is 0.111. The molecule has 0 amide bonds. The summed E-state index contributed by atoms with van der Waals surface area (Å²) < 4.78 is 22.8. The molecular weight excluding hydrogens is 270 g/mol. The van der Waals surface area contributed by atoms with Crippen LogP contribution in [0.25, 0.3) is 0 Å². The van der Waals surface area contributed by atoms with Gasteiger partial charge in [-0.05, 0) is 12.1 Å². The molecule has 1 aromatic carbocycles. The summed E-state index contributed by atoms with van der Waals surface area (Å²) in [4.78, 5) is 10.6. The van der Waals surface area contributed by atoms with Crippen LogP contribution in [0.5, 0.6) is 0 Å². The third-order valence-corrected chi connectivity index (χ3v) is 3.52. The molecule has 0 aliphatic rings. The predicted molar refractivity (Wildman–Crippen MR) is 60.9 cm³/mol. The van der Waals surface area contributed by atoms with Crippen molar-refractivity contribution in [3.63, 3.8) is 0 Å². The Morgan fingerprint density at radius 1 is 1.47 bits per heavy atom. The van der Waals surface area contributed by atoms with E-state index in [1.165, 1.54) is 0 Å². The van der Waals surface area contributed by atoms with Crippen molar-refractivity contribution in [3.8, 4) is 0 Å². The maximum atomic E-state index is 11.4. The van der Waals surface area contributed by atoms with Gasteiger partial charge in [-0.1, -0.05) is 16.8 Å². The molecule has 1 rings (SSSR count). The zero-order chi connectivity index (χ0) is 13.2. The number of benzene rings is 1. The van der Waals surface area contributed by atoms with E-state index in [1.54, 1.807) is 0 Å². The number of hydrogen-bond donors (Lipinski definition) is 2. The summed E-state index contributed by atoms with van der Waals surface area (Å²) in [5.74, 6) is -1.30. The molecule has 0 saturated carbocycles. The highest BCUT2D eigenvalue weighted by Gasteiger charge is 2.20. The Balaban J connectivity index is 3.68. The van der Waals surface area contributed by atoms with Crippen molar-refractivity contribution < 1.29 is 23.5 Å². The third kappa shape index (κ3) is 2.75. The highest BCUT2D eigenvalue weighted by atomic mass is 35.5. The lowest BCUT2D eigenvalue weighted by atomic mass is 10.1. The molecule has 2 N–H and O–H groups in total. The minimum Gasteiger partial charge on any atom is -0.478 e. The number of carboxylic acid groups (broad SMARTS) is 1. The number of hydrogen-bond acceptors (Lipinski definition) is 5. The number of oxime groups is 1. The summed E-state index contributed by atoms with van der Waals surface area (Å²) in [6.45, 7) is 0. The van der Waals surface area contributed by atoms with E-state index in [0.29, 0.717) is 0 Å². The molecule has 0 spiro atoms. The van der Waals surface area contributed by atoms with Gasteiger partial charge in [0.2, 0.25) is 0 Å². The van der Waals surface area contributed by atoms with Gasteiger partial charge >= 0.3 is 5.97 Å². The Bertz CT molecular complexity index is 594. The highest BCUT2D eigenvalue weighted by molar-refractivity contribution is 7.90. The molecular formula is C9H8ClNO5S. The second-order valence-corrected chi connectivity index (χ2v) is 5.52. The monoisotopic (exact) mass is 277 g/mol. The molecule has 0 aliphatic heterocycles. The van der Waals surface area contributed by atoms with E-state index in [2.05, 4.69) is 5.16 Å². The zero-order valence-corrected chi connectivity index (χ0v) is 10.2. The fourth-order valence-electron chi connectivity index (χ4n) is 1.24.